The van der Waals surface area contributed by atoms with E-state index in [0.717, 1.165) is 39.4 Å². The number of benzene rings is 9. The molecule has 0 saturated heterocycles. The van der Waals surface area contributed by atoms with Gasteiger partial charge >= 0.3 is 0 Å². The van der Waals surface area contributed by atoms with Crippen molar-refractivity contribution in [1.29, 1.82) is 0 Å². The SMILES string of the molecule is c1ccc(-c2ccc(-c3ccc4c(c3)c3cc(-c5ccc(-c6ccccc6)cc5)ccc3n4-c3ccc(-n4nc(-c5ccccc5)nc4-c4ccccc4)cc3)cc2)cc1. The highest BCUT2D eigenvalue weighted by Crippen LogP contribution is 2.38. The Bertz CT molecular complexity index is 3100. The number of fused-ring (bicyclic) bond motifs is 3. The van der Waals surface area contributed by atoms with Crippen LogP contribution in [0.2, 0.25) is 0 Å². The van der Waals surface area contributed by atoms with Crippen LogP contribution in [-0.2, 0) is 0 Å². The maximum Gasteiger partial charge on any atom is 0.182 e. The van der Waals surface area contributed by atoms with E-state index in [1.807, 2.05) is 41.1 Å². The second kappa shape index (κ2) is 15.0. The molecule has 11 aromatic rings. The Hall–Kier alpha value is -8.08. The summed E-state index contributed by atoms with van der Waals surface area (Å²) < 4.78 is 4.34. The van der Waals surface area contributed by atoms with Gasteiger partial charge < -0.3 is 4.57 Å². The van der Waals surface area contributed by atoms with E-state index in [9.17, 15) is 0 Å². The highest BCUT2D eigenvalue weighted by molar-refractivity contribution is 6.11. The molecule has 4 heteroatoms. The lowest BCUT2D eigenvalue weighted by molar-refractivity contribution is 0.889. The number of nitrogens with zero attached hydrogens (tertiary/aromatic N) is 4. The van der Waals surface area contributed by atoms with Crippen molar-refractivity contribution in [2.45, 2.75) is 0 Å². The summed E-state index contributed by atoms with van der Waals surface area (Å²) in [6, 6.07) is 81.8. The molecule has 0 spiro atoms. The van der Waals surface area contributed by atoms with Crippen LogP contribution >= 0.6 is 0 Å². The molecule has 4 nitrogen and oxygen atoms in total. The molecule has 0 aliphatic rings. The van der Waals surface area contributed by atoms with E-state index in [1.54, 1.807) is 0 Å². The zero-order chi connectivity index (χ0) is 39.8. The van der Waals surface area contributed by atoms with Crippen LogP contribution in [0, 0.1) is 0 Å². The van der Waals surface area contributed by atoms with Crippen LogP contribution < -0.4 is 0 Å². The van der Waals surface area contributed by atoms with Crippen molar-refractivity contribution in [3.8, 4) is 78.7 Å². The summed E-state index contributed by atoms with van der Waals surface area (Å²) in [5, 5.41) is 7.45. The average molecular weight is 767 g/mol. The second-order valence-corrected chi connectivity index (χ2v) is 15.1. The smallest absolute Gasteiger partial charge is 0.182 e. The van der Waals surface area contributed by atoms with Gasteiger partial charge in [-0.15, -0.1) is 5.10 Å². The minimum atomic E-state index is 0.692. The normalized spacial score (nSPS) is 11.3. The molecular formula is C56H38N4. The molecule has 60 heavy (non-hydrogen) atoms. The van der Waals surface area contributed by atoms with Gasteiger partial charge in [-0.05, 0) is 93.0 Å². The molecule has 0 bridgehead atoms. The molecule has 0 fully saturated rings. The van der Waals surface area contributed by atoms with Crippen LogP contribution in [0.4, 0.5) is 0 Å². The van der Waals surface area contributed by atoms with E-state index in [-0.39, 0.29) is 0 Å². The average Bonchev–Trinajstić information content (AvgIpc) is 3.93. The fourth-order valence-electron chi connectivity index (χ4n) is 8.35. The molecule has 0 N–H and O–H groups in total. The topological polar surface area (TPSA) is 35.6 Å². The fourth-order valence-corrected chi connectivity index (χ4v) is 8.35. The first-order valence-corrected chi connectivity index (χ1v) is 20.3. The summed E-state index contributed by atoms with van der Waals surface area (Å²) in [6.07, 6.45) is 0. The Labute approximate surface area is 348 Å². The van der Waals surface area contributed by atoms with E-state index in [2.05, 4.69) is 199 Å². The van der Waals surface area contributed by atoms with Gasteiger partial charge in [0.15, 0.2) is 11.6 Å². The third-order valence-corrected chi connectivity index (χ3v) is 11.4. The largest absolute Gasteiger partial charge is 0.309 e. The lowest BCUT2D eigenvalue weighted by Crippen LogP contribution is -2.01. The van der Waals surface area contributed by atoms with Crippen LogP contribution in [0.5, 0.6) is 0 Å². The number of hydrogen-bond acceptors (Lipinski definition) is 2. The fraction of sp³-hybridized carbons (Fsp3) is 0. The molecule has 0 atom stereocenters. The maximum absolute atomic E-state index is 5.04. The molecule has 2 heterocycles. The molecule has 282 valence electrons. The van der Waals surface area contributed by atoms with Crippen molar-refractivity contribution in [1.82, 2.24) is 19.3 Å². The molecular weight excluding hydrogens is 729 g/mol. The third kappa shape index (κ3) is 6.47. The lowest BCUT2D eigenvalue weighted by atomic mass is 9.97. The molecule has 0 aliphatic heterocycles. The summed E-state index contributed by atoms with van der Waals surface area (Å²) in [5.74, 6) is 1.49. The van der Waals surface area contributed by atoms with Crippen LogP contribution in [0.25, 0.3) is 100 Å². The minimum Gasteiger partial charge on any atom is -0.309 e. The second-order valence-electron chi connectivity index (χ2n) is 15.1. The lowest BCUT2D eigenvalue weighted by Gasteiger charge is -2.11. The van der Waals surface area contributed by atoms with E-state index in [4.69, 9.17) is 10.1 Å². The van der Waals surface area contributed by atoms with Gasteiger partial charge in [-0.2, -0.15) is 0 Å². The van der Waals surface area contributed by atoms with Crippen LogP contribution in [0.1, 0.15) is 0 Å². The Morgan fingerprint density at radius 2 is 0.633 bits per heavy atom. The molecule has 0 saturated carbocycles. The van der Waals surface area contributed by atoms with Crippen molar-refractivity contribution in [2.75, 3.05) is 0 Å². The molecule has 0 unspecified atom stereocenters. The van der Waals surface area contributed by atoms with Gasteiger partial charge in [0.25, 0.3) is 0 Å². The Morgan fingerprint density at radius 3 is 1.08 bits per heavy atom. The summed E-state index contributed by atoms with van der Waals surface area (Å²) in [6.45, 7) is 0. The molecule has 9 aromatic carbocycles. The highest BCUT2D eigenvalue weighted by atomic mass is 15.4. The predicted octanol–water partition coefficient (Wildman–Crippen LogP) is 14.4. The number of aromatic nitrogens is 4. The van der Waals surface area contributed by atoms with Crippen LogP contribution in [-0.4, -0.2) is 19.3 Å². The Balaban J connectivity index is 1.02. The minimum absolute atomic E-state index is 0.692. The quantitative estimate of drug-likeness (QED) is 0.154. The standard InChI is InChI=1S/C56H38N4/c1-5-13-39(14-6-1)41-21-25-43(26-22-41)47-29-35-53-51(37-47)52-38-48(44-27-23-42(24-28-44)40-15-7-2-8-16-40)30-36-54(52)59(53)49-31-33-50(34-32-49)60-56(46-19-11-4-12-20-46)57-55(58-60)45-17-9-3-10-18-45/h1-38H. The summed E-state index contributed by atoms with van der Waals surface area (Å²) in [5.41, 5.74) is 15.9. The van der Waals surface area contributed by atoms with Gasteiger partial charge in [-0.3, -0.25) is 0 Å². The molecule has 0 aliphatic carbocycles. The van der Waals surface area contributed by atoms with Gasteiger partial charge in [-0.1, -0.05) is 182 Å². The van der Waals surface area contributed by atoms with Crippen molar-refractivity contribution in [2.24, 2.45) is 0 Å². The number of rotatable bonds is 8. The van der Waals surface area contributed by atoms with Crippen molar-refractivity contribution in [3.63, 3.8) is 0 Å². The number of hydrogen-bond donors (Lipinski definition) is 0. The van der Waals surface area contributed by atoms with Gasteiger partial charge in [0.05, 0.1) is 16.7 Å². The van der Waals surface area contributed by atoms with E-state index in [0.29, 0.717) is 5.82 Å². The van der Waals surface area contributed by atoms with Crippen molar-refractivity contribution >= 4 is 21.8 Å². The van der Waals surface area contributed by atoms with Gasteiger partial charge in [0, 0.05) is 27.6 Å². The van der Waals surface area contributed by atoms with Gasteiger partial charge in [0.1, 0.15) is 0 Å². The van der Waals surface area contributed by atoms with Crippen LogP contribution in [0.15, 0.2) is 231 Å². The maximum atomic E-state index is 5.04. The van der Waals surface area contributed by atoms with Gasteiger partial charge in [-0.25, -0.2) is 9.67 Å². The molecule has 0 radical (unpaired) electrons. The first-order valence-electron chi connectivity index (χ1n) is 20.3. The van der Waals surface area contributed by atoms with Crippen LogP contribution in [0.3, 0.4) is 0 Å². The Kier molecular flexibility index (Phi) is 8.79. The summed E-state index contributed by atoms with van der Waals surface area (Å²) in [7, 11) is 0. The van der Waals surface area contributed by atoms with E-state index < -0.39 is 0 Å². The van der Waals surface area contributed by atoms with E-state index in [1.165, 1.54) is 55.3 Å². The highest BCUT2D eigenvalue weighted by Gasteiger charge is 2.18. The zero-order valence-electron chi connectivity index (χ0n) is 32.7. The molecule has 0 amide bonds. The summed E-state index contributed by atoms with van der Waals surface area (Å²) in [4.78, 5) is 5.03. The molecule has 2 aromatic heterocycles. The molecule has 11 rings (SSSR count). The monoisotopic (exact) mass is 766 g/mol. The third-order valence-electron chi connectivity index (χ3n) is 11.4. The van der Waals surface area contributed by atoms with Crippen molar-refractivity contribution in [3.05, 3.63) is 231 Å². The predicted molar refractivity (Wildman–Crippen MR) is 248 cm³/mol. The van der Waals surface area contributed by atoms with Gasteiger partial charge in [0.2, 0.25) is 0 Å². The van der Waals surface area contributed by atoms with Crippen molar-refractivity contribution < 1.29 is 0 Å². The first kappa shape index (κ1) is 35.1. The summed E-state index contributed by atoms with van der Waals surface area (Å²) >= 11 is 0. The first-order chi connectivity index (χ1) is 29.7. The van der Waals surface area contributed by atoms with E-state index >= 15 is 0 Å². The zero-order valence-corrected chi connectivity index (χ0v) is 32.7. The Morgan fingerprint density at radius 1 is 0.283 bits per heavy atom.